The number of carbonyl (C=O) groups is 1. The van der Waals surface area contributed by atoms with Crippen LogP contribution in [0.5, 0.6) is 0 Å². The number of hydrogen-bond donors (Lipinski definition) is 1. The maximum atomic E-state index is 12.5. The summed E-state index contributed by atoms with van der Waals surface area (Å²) in [5, 5.41) is 14.9. The molecule has 1 aliphatic heterocycles. The minimum Gasteiger partial charge on any atom is -0.390 e. The third kappa shape index (κ3) is 4.44. The van der Waals surface area contributed by atoms with Crippen LogP contribution in [0, 0.1) is 5.92 Å². The maximum Gasteiger partial charge on any atom is 0.166 e. The van der Waals surface area contributed by atoms with Gasteiger partial charge in [-0.2, -0.15) is 5.10 Å². The van der Waals surface area contributed by atoms with Crippen LogP contribution in [0.2, 0.25) is 5.02 Å². The molecular weight excluding hydrogens is 326 g/mol. The molecule has 6 heteroatoms. The molecule has 1 unspecified atom stereocenters. The molecule has 2 heterocycles. The average Bonchev–Trinajstić information content (AvgIpc) is 3.08. The van der Waals surface area contributed by atoms with Crippen molar-refractivity contribution in [3.8, 4) is 0 Å². The number of aliphatic hydroxyl groups is 1. The van der Waals surface area contributed by atoms with Gasteiger partial charge in [-0.25, -0.2) is 0 Å². The predicted octanol–water partition coefficient (Wildman–Crippen LogP) is 2.49. The molecule has 1 aliphatic rings. The van der Waals surface area contributed by atoms with Crippen LogP contribution < -0.4 is 0 Å². The zero-order valence-corrected chi connectivity index (χ0v) is 14.3. The molecule has 1 saturated heterocycles. The highest BCUT2D eigenvalue weighted by molar-refractivity contribution is 6.30. The Morgan fingerprint density at radius 2 is 1.96 bits per heavy atom. The predicted molar refractivity (Wildman–Crippen MR) is 93.2 cm³/mol. The lowest BCUT2D eigenvalue weighted by molar-refractivity contribution is 0.0668. The summed E-state index contributed by atoms with van der Waals surface area (Å²) in [5.74, 6) is 0.258. The highest BCUT2D eigenvalue weighted by Gasteiger charge is 2.26. The van der Waals surface area contributed by atoms with Crippen LogP contribution in [0.1, 0.15) is 23.2 Å². The van der Waals surface area contributed by atoms with Crippen LogP contribution in [-0.2, 0) is 6.54 Å². The Kier molecular flexibility index (Phi) is 5.66. The first-order valence-electron chi connectivity index (χ1n) is 8.29. The number of piperidine rings is 1. The standard InChI is InChI=1S/C18H22ClN3O2/c19-16-4-2-14(3-5-16)18(24)15-6-10-21(11-7-15)12-17(23)13-22-9-1-8-20-22/h1-5,8-9,15,17,23H,6-7,10-13H2. The smallest absolute Gasteiger partial charge is 0.166 e. The van der Waals surface area contributed by atoms with E-state index in [4.69, 9.17) is 11.6 Å². The fourth-order valence-corrected chi connectivity index (χ4v) is 3.33. The molecule has 3 rings (SSSR count). The highest BCUT2D eigenvalue weighted by atomic mass is 35.5. The van der Waals surface area contributed by atoms with Gasteiger partial charge < -0.3 is 10.0 Å². The first kappa shape index (κ1) is 17.1. The van der Waals surface area contributed by atoms with Crippen molar-refractivity contribution in [3.05, 3.63) is 53.3 Å². The molecule has 0 spiro atoms. The molecular formula is C18H22ClN3O2. The van der Waals surface area contributed by atoms with Crippen LogP contribution in [0.4, 0.5) is 0 Å². The zero-order valence-electron chi connectivity index (χ0n) is 13.5. The minimum atomic E-state index is -0.451. The van der Waals surface area contributed by atoms with Crippen molar-refractivity contribution >= 4 is 17.4 Å². The van der Waals surface area contributed by atoms with Gasteiger partial charge in [0.2, 0.25) is 0 Å². The van der Waals surface area contributed by atoms with E-state index in [1.165, 1.54) is 0 Å². The molecule has 0 saturated carbocycles. The zero-order chi connectivity index (χ0) is 16.9. The van der Waals surface area contributed by atoms with Crippen LogP contribution in [0.3, 0.4) is 0 Å². The Morgan fingerprint density at radius 3 is 2.58 bits per heavy atom. The molecule has 0 aliphatic carbocycles. The van der Waals surface area contributed by atoms with Crippen molar-refractivity contribution < 1.29 is 9.90 Å². The van der Waals surface area contributed by atoms with E-state index in [1.54, 1.807) is 35.1 Å². The third-order valence-electron chi connectivity index (χ3n) is 4.51. The number of aromatic nitrogens is 2. The van der Waals surface area contributed by atoms with E-state index in [9.17, 15) is 9.90 Å². The van der Waals surface area contributed by atoms with Gasteiger partial charge in [0.25, 0.3) is 0 Å². The van der Waals surface area contributed by atoms with Gasteiger partial charge in [0, 0.05) is 35.4 Å². The highest BCUT2D eigenvalue weighted by Crippen LogP contribution is 2.23. The number of Topliss-reactive ketones (excluding diaryl/α,β-unsaturated/α-hetero) is 1. The molecule has 1 aromatic heterocycles. The Hall–Kier alpha value is -1.69. The number of nitrogens with zero attached hydrogens (tertiary/aromatic N) is 3. The van der Waals surface area contributed by atoms with Crippen LogP contribution in [0.15, 0.2) is 42.7 Å². The largest absolute Gasteiger partial charge is 0.390 e. The van der Waals surface area contributed by atoms with E-state index in [2.05, 4.69) is 10.00 Å². The first-order valence-corrected chi connectivity index (χ1v) is 8.67. The van der Waals surface area contributed by atoms with Crippen molar-refractivity contribution in [2.75, 3.05) is 19.6 Å². The lowest BCUT2D eigenvalue weighted by Crippen LogP contribution is -2.41. The van der Waals surface area contributed by atoms with Crippen LogP contribution in [-0.4, -0.2) is 51.3 Å². The molecule has 1 aromatic carbocycles. The maximum absolute atomic E-state index is 12.5. The summed E-state index contributed by atoms with van der Waals surface area (Å²) in [7, 11) is 0. The monoisotopic (exact) mass is 347 g/mol. The molecule has 0 radical (unpaired) electrons. The normalized spacial score (nSPS) is 17.8. The second-order valence-corrected chi connectivity index (χ2v) is 6.76. The van der Waals surface area contributed by atoms with Gasteiger partial charge in [-0.1, -0.05) is 11.6 Å². The summed E-state index contributed by atoms with van der Waals surface area (Å²) < 4.78 is 1.74. The van der Waals surface area contributed by atoms with Crippen molar-refractivity contribution in [2.45, 2.75) is 25.5 Å². The molecule has 5 nitrogen and oxygen atoms in total. The van der Waals surface area contributed by atoms with E-state index < -0.39 is 6.10 Å². The summed E-state index contributed by atoms with van der Waals surface area (Å²) in [5.41, 5.74) is 0.733. The van der Waals surface area contributed by atoms with Crippen molar-refractivity contribution in [1.29, 1.82) is 0 Å². The van der Waals surface area contributed by atoms with Crippen molar-refractivity contribution in [2.24, 2.45) is 5.92 Å². The fraction of sp³-hybridized carbons (Fsp3) is 0.444. The summed E-state index contributed by atoms with van der Waals surface area (Å²) in [4.78, 5) is 14.8. The number of hydrogen-bond acceptors (Lipinski definition) is 4. The SMILES string of the molecule is O=C(c1ccc(Cl)cc1)C1CCN(CC(O)Cn2cccn2)CC1. The second kappa shape index (κ2) is 7.92. The fourth-order valence-electron chi connectivity index (χ4n) is 3.21. The van der Waals surface area contributed by atoms with Crippen molar-refractivity contribution in [3.63, 3.8) is 0 Å². The third-order valence-corrected chi connectivity index (χ3v) is 4.77. The van der Waals surface area contributed by atoms with E-state index >= 15 is 0 Å². The number of β-amino-alcohol motifs (C(OH)–C–C–N with tert-alkyl or cyclic N) is 1. The Balaban J connectivity index is 1.46. The topological polar surface area (TPSA) is 58.4 Å². The van der Waals surface area contributed by atoms with Gasteiger partial charge in [0.15, 0.2) is 5.78 Å². The number of aliphatic hydroxyl groups excluding tert-OH is 1. The molecule has 2 aromatic rings. The van der Waals surface area contributed by atoms with Crippen molar-refractivity contribution in [1.82, 2.24) is 14.7 Å². The number of halogens is 1. The Labute approximate surface area is 146 Å². The Bertz CT molecular complexity index is 649. The minimum absolute atomic E-state index is 0.0608. The molecule has 1 fully saturated rings. The number of benzene rings is 1. The lowest BCUT2D eigenvalue weighted by Gasteiger charge is -2.32. The quantitative estimate of drug-likeness (QED) is 0.816. The van der Waals surface area contributed by atoms with Crippen LogP contribution in [0.25, 0.3) is 0 Å². The molecule has 128 valence electrons. The van der Waals surface area contributed by atoms with Gasteiger partial charge >= 0.3 is 0 Å². The molecule has 24 heavy (non-hydrogen) atoms. The van der Waals surface area contributed by atoms with Gasteiger partial charge in [0.1, 0.15) is 0 Å². The first-order chi connectivity index (χ1) is 11.6. The van der Waals surface area contributed by atoms with E-state index in [0.29, 0.717) is 18.1 Å². The average molecular weight is 348 g/mol. The molecule has 1 atom stereocenters. The number of likely N-dealkylation sites (tertiary alicyclic amines) is 1. The summed E-state index contributed by atoms with van der Waals surface area (Å²) in [6.45, 7) is 2.78. The molecule has 0 amide bonds. The van der Waals surface area contributed by atoms with E-state index in [1.807, 2.05) is 12.3 Å². The van der Waals surface area contributed by atoms with Gasteiger partial charge in [-0.15, -0.1) is 0 Å². The summed E-state index contributed by atoms with van der Waals surface area (Å²) in [6, 6.07) is 8.96. The van der Waals surface area contributed by atoms with Gasteiger partial charge in [0.05, 0.1) is 12.6 Å². The number of carbonyl (C=O) groups excluding carboxylic acids is 1. The summed E-state index contributed by atoms with van der Waals surface area (Å²) >= 11 is 5.87. The van der Waals surface area contributed by atoms with Gasteiger partial charge in [-0.05, 0) is 56.3 Å². The lowest BCUT2D eigenvalue weighted by atomic mass is 9.89. The second-order valence-electron chi connectivity index (χ2n) is 6.33. The Morgan fingerprint density at radius 1 is 1.25 bits per heavy atom. The van der Waals surface area contributed by atoms with E-state index in [0.717, 1.165) is 31.5 Å². The number of rotatable bonds is 6. The summed E-state index contributed by atoms with van der Waals surface area (Å²) in [6.07, 6.45) is 4.76. The molecule has 0 bridgehead atoms. The van der Waals surface area contributed by atoms with E-state index in [-0.39, 0.29) is 11.7 Å². The van der Waals surface area contributed by atoms with Gasteiger partial charge in [-0.3, -0.25) is 9.48 Å². The van der Waals surface area contributed by atoms with Crippen LogP contribution >= 0.6 is 11.6 Å². The molecule has 1 N–H and O–H groups in total. The number of ketones is 1.